The second kappa shape index (κ2) is 8.48. The second-order valence-electron chi connectivity index (χ2n) is 6.39. The number of carbonyl (C=O) groups is 1. The van der Waals surface area contributed by atoms with E-state index >= 15 is 0 Å². The Morgan fingerprint density at radius 2 is 1.63 bits per heavy atom. The van der Waals surface area contributed by atoms with Crippen LogP contribution in [0.5, 0.6) is 11.5 Å². The third-order valence-corrected chi connectivity index (χ3v) is 4.47. The van der Waals surface area contributed by atoms with Crippen LogP contribution in [0.3, 0.4) is 0 Å². The molecule has 0 saturated carbocycles. The van der Waals surface area contributed by atoms with Gasteiger partial charge in [-0.3, -0.25) is 4.79 Å². The van der Waals surface area contributed by atoms with E-state index < -0.39 is 0 Å². The molecule has 0 atom stereocenters. The fourth-order valence-electron chi connectivity index (χ4n) is 2.96. The minimum atomic E-state index is -0.274. The van der Waals surface area contributed by atoms with Gasteiger partial charge in [-0.05, 0) is 36.4 Å². The predicted molar refractivity (Wildman–Crippen MR) is 113 cm³/mol. The molecule has 30 heavy (non-hydrogen) atoms. The molecule has 0 aliphatic rings. The molecule has 4 rings (SSSR count). The molecule has 0 saturated heterocycles. The van der Waals surface area contributed by atoms with E-state index in [0.29, 0.717) is 40.0 Å². The first kappa shape index (κ1) is 19.2. The largest absolute Gasteiger partial charge is 0.493 e. The minimum Gasteiger partial charge on any atom is -0.493 e. The van der Waals surface area contributed by atoms with Gasteiger partial charge in [0.15, 0.2) is 11.5 Å². The zero-order valence-electron chi connectivity index (χ0n) is 16.5. The number of ether oxygens (including phenoxy) is 2. The van der Waals surface area contributed by atoms with Gasteiger partial charge >= 0.3 is 0 Å². The number of aromatic nitrogens is 2. The van der Waals surface area contributed by atoms with Gasteiger partial charge in [-0.25, -0.2) is 0 Å². The summed E-state index contributed by atoms with van der Waals surface area (Å²) in [6.07, 6.45) is 0. The van der Waals surface area contributed by atoms with Gasteiger partial charge in [-0.15, -0.1) is 0 Å². The Bertz CT molecular complexity index is 1170. The first-order valence-electron chi connectivity index (χ1n) is 9.21. The van der Waals surface area contributed by atoms with Crippen LogP contribution in [0.15, 0.2) is 77.3 Å². The van der Waals surface area contributed by atoms with E-state index in [2.05, 4.69) is 15.5 Å². The van der Waals surface area contributed by atoms with E-state index in [0.717, 1.165) is 5.56 Å². The number of rotatable bonds is 6. The van der Waals surface area contributed by atoms with Gasteiger partial charge in [0.1, 0.15) is 0 Å². The summed E-state index contributed by atoms with van der Waals surface area (Å²) in [5.41, 5.74) is 2.62. The number of hydrogen-bond donors (Lipinski definition) is 1. The zero-order valence-corrected chi connectivity index (χ0v) is 16.5. The number of hydrogen-bond acceptors (Lipinski definition) is 6. The van der Waals surface area contributed by atoms with E-state index in [1.165, 1.54) is 7.11 Å². The SMILES string of the molecule is COc1ccc(C(=O)Nc2cccc(-c3nc(-c4ccccc4)no3)c2)cc1OC. The van der Waals surface area contributed by atoms with Crippen molar-refractivity contribution in [3.8, 4) is 34.3 Å². The molecule has 0 aliphatic heterocycles. The Kier molecular flexibility index (Phi) is 5.43. The highest BCUT2D eigenvalue weighted by atomic mass is 16.5. The highest BCUT2D eigenvalue weighted by Gasteiger charge is 2.13. The fourth-order valence-corrected chi connectivity index (χ4v) is 2.96. The normalized spacial score (nSPS) is 10.5. The zero-order chi connectivity index (χ0) is 20.9. The molecule has 1 amide bonds. The van der Waals surface area contributed by atoms with Crippen molar-refractivity contribution < 1.29 is 18.8 Å². The van der Waals surface area contributed by atoms with E-state index in [-0.39, 0.29) is 5.91 Å². The maximum absolute atomic E-state index is 12.7. The van der Waals surface area contributed by atoms with Crippen LogP contribution in [-0.4, -0.2) is 30.3 Å². The topological polar surface area (TPSA) is 86.5 Å². The first-order chi connectivity index (χ1) is 14.7. The Balaban J connectivity index is 1.54. The number of carbonyl (C=O) groups excluding carboxylic acids is 1. The molecule has 0 unspecified atom stereocenters. The molecule has 3 aromatic carbocycles. The summed E-state index contributed by atoms with van der Waals surface area (Å²) in [7, 11) is 3.07. The molecular formula is C23H19N3O4. The van der Waals surface area contributed by atoms with Crippen LogP contribution in [0.25, 0.3) is 22.8 Å². The number of anilines is 1. The molecule has 0 radical (unpaired) electrons. The second-order valence-corrected chi connectivity index (χ2v) is 6.39. The summed E-state index contributed by atoms with van der Waals surface area (Å²) < 4.78 is 15.9. The number of benzene rings is 3. The van der Waals surface area contributed by atoms with Crippen LogP contribution in [0, 0.1) is 0 Å². The lowest BCUT2D eigenvalue weighted by Crippen LogP contribution is -2.12. The highest BCUT2D eigenvalue weighted by Crippen LogP contribution is 2.28. The lowest BCUT2D eigenvalue weighted by atomic mass is 10.1. The number of nitrogens with zero attached hydrogens (tertiary/aromatic N) is 2. The molecule has 0 fully saturated rings. The van der Waals surface area contributed by atoms with E-state index in [1.807, 2.05) is 42.5 Å². The number of methoxy groups -OCH3 is 2. The molecule has 0 aliphatic carbocycles. The smallest absolute Gasteiger partial charge is 0.258 e. The molecule has 4 aromatic rings. The third kappa shape index (κ3) is 4.00. The predicted octanol–water partition coefficient (Wildman–Crippen LogP) is 4.67. The molecular weight excluding hydrogens is 382 g/mol. The average Bonchev–Trinajstić information content (AvgIpc) is 3.30. The summed E-state index contributed by atoms with van der Waals surface area (Å²) in [5, 5.41) is 6.91. The van der Waals surface area contributed by atoms with Crippen molar-refractivity contribution in [2.75, 3.05) is 19.5 Å². The molecule has 7 heteroatoms. The fraction of sp³-hybridized carbons (Fsp3) is 0.0870. The third-order valence-electron chi connectivity index (χ3n) is 4.47. The number of amides is 1. The summed E-state index contributed by atoms with van der Waals surface area (Å²) in [6, 6.07) is 21.8. The van der Waals surface area contributed by atoms with Gasteiger partial charge in [-0.1, -0.05) is 41.6 Å². The van der Waals surface area contributed by atoms with Crippen molar-refractivity contribution >= 4 is 11.6 Å². The van der Waals surface area contributed by atoms with E-state index in [4.69, 9.17) is 14.0 Å². The van der Waals surface area contributed by atoms with Crippen LogP contribution in [0.4, 0.5) is 5.69 Å². The quantitative estimate of drug-likeness (QED) is 0.505. The van der Waals surface area contributed by atoms with Crippen LogP contribution >= 0.6 is 0 Å². The monoisotopic (exact) mass is 401 g/mol. The van der Waals surface area contributed by atoms with Crippen molar-refractivity contribution in [3.05, 3.63) is 78.4 Å². The van der Waals surface area contributed by atoms with Gasteiger partial charge in [0.25, 0.3) is 11.8 Å². The van der Waals surface area contributed by atoms with Crippen molar-refractivity contribution in [2.24, 2.45) is 0 Å². The summed E-state index contributed by atoms with van der Waals surface area (Å²) in [5.74, 6) is 1.64. The van der Waals surface area contributed by atoms with Crippen molar-refractivity contribution in [1.82, 2.24) is 10.1 Å². The van der Waals surface area contributed by atoms with Crippen molar-refractivity contribution in [1.29, 1.82) is 0 Å². The standard InChI is InChI=1S/C23H19N3O4/c1-28-19-12-11-16(14-20(19)29-2)22(27)24-18-10-6-9-17(13-18)23-25-21(26-30-23)15-7-4-3-5-8-15/h3-14H,1-2H3,(H,24,27). The Labute approximate surface area is 173 Å². The Morgan fingerprint density at radius 1 is 0.867 bits per heavy atom. The maximum Gasteiger partial charge on any atom is 0.258 e. The molecule has 1 aromatic heterocycles. The average molecular weight is 401 g/mol. The van der Waals surface area contributed by atoms with Crippen molar-refractivity contribution in [2.45, 2.75) is 0 Å². The molecule has 7 nitrogen and oxygen atoms in total. The van der Waals surface area contributed by atoms with Crippen LogP contribution in [0.1, 0.15) is 10.4 Å². The van der Waals surface area contributed by atoms with Gasteiger partial charge < -0.3 is 19.3 Å². The summed E-state index contributed by atoms with van der Waals surface area (Å²) >= 11 is 0. The highest BCUT2D eigenvalue weighted by molar-refractivity contribution is 6.04. The molecule has 0 spiro atoms. The van der Waals surface area contributed by atoms with Crippen LogP contribution in [-0.2, 0) is 0 Å². The lowest BCUT2D eigenvalue weighted by molar-refractivity contribution is 0.102. The summed E-state index contributed by atoms with van der Waals surface area (Å²) in [6.45, 7) is 0. The molecule has 150 valence electrons. The minimum absolute atomic E-state index is 0.274. The van der Waals surface area contributed by atoms with Crippen LogP contribution in [0.2, 0.25) is 0 Å². The maximum atomic E-state index is 12.7. The van der Waals surface area contributed by atoms with Crippen molar-refractivity contribution in [3.63, 3.8) is 0 Å². The number of nitrogens with one attached hydrogen (secondary N) is 1. The summed E-state index contributed by atoms with van der Waals surface area (Å²) in [4.78, 5) is 17.1. The first-order valence-corrected chi connectivity index (χ1v) is 9.21. The molecule has 1 N–H and O–H groups in total. The van der Waals surface area contributed by atoms with Gasteiger partial charge in [0, 0.05) is 22.4 Å². The lowest BCUT2D eigenvalue weighted by Gasteiger charge is -2.10. The Morgan fingerprint density at radius 3 is 2.40 bits per heavy atom. The van der Waals surface area contributed by atoms with Crippen LogP contribution < -0.4 is 14.8 Å². The van der Waals surface area contributed by atoms with Gasteiger partial charge in [-0.2, -0.15) is 4.98 Å². The van der Waals surface area contributed by atoms with Gasteiger partial charge in [0.05, 0.1) is 14.2 Å². The molecule has 1 heterocycles. The van der Waals surface area contributed by atoms with E-state index in [9.17, 15) is 4.79 Å². The van der Waals surface area contributed by atoms with Gasteiger partial charge in [0.2, 0.25) is 5.82 Å². The molecule has 0 bridgehead atoms. The Hall–Kier alpha value is -4.13. The van der Waals surface area contributed by atoms with E-state index in [1.54, 1.807) is 37.4 Å².